The third-order valence-corrected chi connectivity index (χ3v) is 5.38. The van der Waals surface area contributed by atoms with Crippen molar-refractivity contribution in [3.8, 4) is 0 Å². The predicted molar refractivity (Wildman–Crippen MR) is 86.8 cm³/mol. The van der Waals surface area contributed by atoms with Crippen molar-refractivity contribution in [3.05, 3.63) is 34.9 Å². The summed E-state index contributed by atoms with van der Waals surface area (Å²) in [5.74, 6) is -0.761. The van der Waals surface area contributed by atoms with Crippen molar-refractivity contribution < 1.29 is 14.7 Å². The molecule has 2 fully saturated rings. The zero-order valence-electron chi connectivity index (χ0n) is 12.9. The quantitative estimate of drug-likeness (QED) is 0.874. The number of primary amides is 1. The van der Waals surface area contributed by atoms with Crippen LogP contribution in [0.1, 0.15) is 31.2 Å². The van der Waals surface area contributed by atoms with Gasteiger partial charge in [0.2, 0.25) is 5.91 Å². The monoisotopic (exact) mass is 336 g/mol. The minimum absolute atomic E-state index is 0.00297. The summed E-state index contributed by atoms with van der Waals surface area (Å²) in [4.78, 5) is 26.0. The maximum atomic E-state index is 12.9. The number of piperidine rings is 1. The van der Waals surface area contributed by atoms with Crippen LogP contribution < -0.4 is 5.73 Å². The molecule has 3 N–H and O–H groups in total. The summed E-state index contributed by atoms with van der Waals surface area (Å²) in [6, 6.07) is 7.54. The molecule has 0 aromatic heterocycles. The summed E-state index contributed by atoms with van der Waals surface area (Å²) in [6.07, 6.45) is 3.10. The van der Waals surface area contributed by atoms with Crippen LogP contribution in [0.25, 0.3) is 0 Å². The van der Waals surface area contributed by atoms with Crippen LogP contribution in [-0.4, -0.2) is 40.5 Å². The maximum absolute atomic E-state index is 12.9. The minimum atomic E-state index is -1.60. The van der Waals surface area contributed by atoms with E-state index < -0.39 is 16.9 Å². The minimum Gasteiger partial charge on any atom is -0.378 e. The van der Waals surface area contributed by atoms with Gasteiger partial charge in [-0.05, 0) is 43.7 Å². The molecular formula is C17H21ClN2O3. The van der Waals surface area contributed by atoms with Crippen molar-refractivity contribution in [3.63, 3.8) is 0 Å². The Kier molecular flexibility index (Phi) is 4.10. The van der Waals surface area contributed by atoms with Crippen LogP contribution in [0.2, 0.25) is 5.02 Å². The summed E-state index contributed by atoms with van der Waals surface area (Å²) in [5, 5.41) is 11.0. The molecule has 0 unspecified atom stereocenters. The number of carbonyl (C=O) groups is 2. The number of aliphatic hydroxyl groups is 1. The summed E-state index contributed by atoms with van der Waals surface area (Å²) in [6.45, 7) is 0.546. The molecule has 2 aliphatic rings. The predicted octanol–water partition coefficient (Wildman–Crippen LogP) is 1.50. The molecule has 6 heteroatoms. The number of amides is 2. The molecule has 0 spiro atoms. The van der Waals surface area contributed by atoms with Crippen LogP contribution >= 0.6 is 11.6 Å². The number of nitrogens with zero attached hydrogens (tertiary/aromatic N) is 1. The second kappa shape index (κ2) is 5.80. The van der Waals surface area contributed by atoms with Gasteiger partial charge in [-0.1, -0.05) is 29.8 Å². The Morgan fingerprint density at radius 3 is 2.57 bits per heavy atom. The van der Waals surface area contributed by atoms with Crippen molar-refractivity contribution in [1.82, 2.24) is 4.90 Å². The molecule has 1 aliphatic carbocycles. The number of rotatable bonds is 4. The van der Waals surface area contributed by atoms with E-state index in [1.165, 1.54) is 0 Å². The molecule has 1 atom stereocenters. The van der Waals surface area contributed by atoms with Gasteiger partial charge in [-0.3, -0.25) is 9.59 Å². The number of hydrogen-bond acceptors (Lipinski definition) is 3. The van der Waals surface area contributed by atoms with E-state index in [1.807, 2.05) is 24.3 Å². The zero-order chi connectivity index (χ0) is 16.7. The van der Waals surface area contributed by atoms with E-state index in [0.717, 1.165) is 18.4 Å². The van der Waals surface area contributed by atoms with Crippen molar-refractivity contribution >= 4 is 23.4 Å². The molecule has 5 nitrogen and oxygen atoms in total. The van der Waals surface area contributed by atoms with E-state index in [4.69, 9.17) is 17.3 Å². The van der Waals surface area contributed by atoms with E-state index in [-0.39, 0.29) is 12.5 Å². The zero-order valence-corrected chi connectivity index (χ0v) is 13.7. The lowest BCUT2D eigenvalue weighted by Gasteiger charge is -2.38. The second-order valence-electron chi connectivity index (χ2n) is 6.77. The number of benzene rings is 1. The SMILES string of the molecule is NC(=O)[C@]1(O)CCCN(C(=O)C2(Cc3ccccc3Cl)CC2)C1. The number of hydrogen-bond donors (Lipinski definition) is 2. The van der Waals surface area contributed by atoms with Crippen LogP contribution in [0.3, 0.4) is 0 Å². The summed E-state index contributed by atoms with van der Waals surface area (Å²) in [7, 11) is 0. The van der Waals surface area contributed by atoms with Gasteiger partial charge in [0.05, 0.1) is 12.0 Å². The van der Waals surface area contributed by atoms with E-state index in [2.05, 4.69) is 0 Å². The van der Waals surface area contributed by atoms with Crippen LogP contribution in [-0.2, 0) is 16.0 Å². The van der Waals surface area contributed by atoms with Gasteiger partial charge < -0.3 is 15.7 Å². The summed E-state index contributed by atoms with van der Waals surface area (Å²) in [5.41, 5.74) is 4.20. The van der Waals surface area contributed by atoms with Crippen LogP contribution in [0.15, 0.2) is 24.3 Å². The van der Waals surface area contributed by atoms with Gasteiger partial charge in [0.1, 0.15) is 0 Å². The van der Waals surface area contributed by atoms with E-state index in [9.17, 15) is 14.7 Å². The molecule has 3 rings (SSSR count). The molecule has 0 radical (unpaired) electrons. The van der Waals surface area contributed by atoms with E-state index in [1.54, 1.807) is 4.90 Å². The van der Waals surface area contributed by atoms with Crippen molar-refractivity contribution in [2.24, 2.45) is 11.1 Å². The Bertz CT molecular complexity index is 644. The fourth-order valence-electron chi connectivity index (χ4n) is 3.37. The highest BCUT2D eigenvalue weighted by Gasteiger charge is 2.53. The first-order valence-electron chi connectivity index (χ1n) is 7.91. The molecule has 1 saturated carbocycles. The lowest BCUT2D eigenvalue weighted by atomic mass is 9.89. The van der Waals surface area contributed by atoms with Crippen molar-refractivity contribution in [2.45, 2.75) is 37.7 Å². The Labute approximate surface area is 140 Å². The number of carbonyl (C=O) groups excluding carboxylic acids is 2. The van der Waals surface area contributed by atoms with Crippen LogP contribution in [0.5, 0.6) is 0 Å². The molecule has 23 heavy (non-hydrogen) atoms. The Morgan fingerprint density at radius 2 is 1.96 bits per heavy atom. The lowest BCUT2D eigenvalue weighted by Crippen LogP contribution is -2.58. The second-order valence-corrected chi connectivity index (χ2v) is 7.18. The first-order valence-corrected chi connectivity index (χ1v) is 8.29. The Hall–Kier alpha value is -1.59. The highest BCUT2D eigenvalue weighted by molar-refractivity contribution is 6.31. The van der Waals surface area contributed by atoms with Gasteiger partial charge in [0.25, 0.3) is 5.91 Å². The third kappa shape index (κ3) is 3.08. The molecule has 1 heterocycles. The topological polar surface area (TPSA) is 83.6 Å². The average molecular weight is 337 g/mol. The normalized spacial score (nSPS) is 25.9. The van der Waals surface area contributed by atoms with Gasteiger partial charge in [-0.15, -0.1) is 0 Å². The number of likely N-dealkylation sites (tertiary alicyclic amines) is 1. The van der Waals surface area contributed by atoms with E-state index >= 15 is 0 Å². The molecule has 1 aromatic carbocycles. The van der Waals surface area contributed by atoms with E-state index in [0.29, 0.717) is 30.8 Å². The van der Waals surface area contributed by atoms with Gasteiger partial charge in [0.15, 0.2) is 5.60 Å². The molecule has 0 bridgehead atoms. The van der Waals surface area contributed by atoms with Gasteiger partial charge in [0, 0.05) is 11.6 Å². The first-order chi connectivity index (χ1) is 10.9. The van der Waals surface area contributed by atoms with Crippen LogP contribution in [0.4, 0.5) is 0 Å². The number of β-amino-alcohol motifs (C(OH)–C–C–N with tert-alkyl or cyclic N) is 1. The molecule has 2 amide bonds. The van der Waals surface area contributed by atoms with Gasteiger partial charge >= 0.3 is 0 Å². The Morgan fingerprint density at radius 1 is 1.26 bits per heavy atom. The highest BCUT2D eigenvalue weighted by atomic mass is 35.5. The fraction of sp³-hybridized carbons (Fsp3) is 0.529. The standard InChI is InChI=1S/C17H21ClN2O3/c18-13-5-2-1-4-12(13)10-16(7-8-16)15(22)20-9-3-6-17(23,11-20)14(19)21/h1-2,4-5,23H,3,6-11H2,(H2,19,21)/t17-/m0/s1. The number of halogens is 1. The van der Waals surface area contributed by atoms with Crippen LogP contribution in [0, 0.1) is 5.41 Å². The van der Waals surface area contributed by atoms with Gasteiger partial charge in [-0.2, -0.15) is 0 Å². The molecule has 1 saturated heterocycles. The fourth-order valence-corrected chi connectivity index (χ4v) is 3.57. The largest absolute Gasteiger partial charge is 0.378 e. The molecular weight excluding hydrogens is 316 g/mol. The summed E-state index contributed by atoms with van der Waals surface area (Å²) >= 11 is 6.21. The maximum Gasteiger partial charge on any atom is 0.251 e. The molecule has 1 aliphatic heterocycles. The number of nitrogens with two attached hydrogens (primary N) is 1. The van der Waals surface area contributed by atoms with Crippen molar-refractivity contribution in [2.75, 3.05) is 13.1 Å². The lowest BCUT2D eigenvalue weighted by molar-refractivity contribution is -0.152. The molecule has 124 valence electrons. The summed E-state index contributed by atoms with van der Waals surface area (Å²) < 4.78 is 0. The average Bonchev–Trinajstić information content (AvgIpc) is 3.30. The van der Waals surface area contributed by atoms with Crippen molar-refractivity contribution in [1.29, 1.82) is 0 Å². The Balaban J connectivity index is 1.75. The molecule has 1 aromatic rings. The smallest absolute Gasteiger partial charge is 0.251 e. The van der Waals surface area contributed by atoms with Gasteiger partial charge in [-0.25, -0.2) is 0 Å². The highest BCUT2D eigenvalue weighted by Crippen LogP contribution is 2.51. The first kappa shape index (κ1) is 16.3. The third-order valence-electron chi connectivity index (χ3n) is 5.01.